The third-order valence-electron chi connectivity index (χ3n) is 6.29. The Labute approximate surface area is 246 Å². The van der Waals surface area contributed by atoms with E-state index in [-0.39, 0.29) is 5.91 Å². The monoisotopic (exact) mass is 637 g/mol. The number of nitrogens with one attached hydrogen (secondary N) is 1. The fourth-order valence-corrected chi connectivity index (χ4v) is 6.41. The first kappa shape index (κ1) is 27.7. The number of thiophene rings is 1. The predicted molar refractivity (Wildman–Crippen MR) is 168 cm³/mol. The lowest BCUT2D eigenvalue weighted by Crippen LogP contribution is -2.22. The fraction of sp³-hybridized carbons (Fsp3) is 0.172. The molecule has 10 heteroatoms. The maximum atomic E-state index is 10.8. The molecule has 3 heterocycles. The molecule has 0 spiro atoms. The van der Waals surface area contributed by atoms with Gasteiger partial charge >= 0.3 is 0 Å². The Morgan fingerprint density at radius 2 is 1.92 bits per heavy atom. The minimum Gasteiger partial charge on any atom is -0.356 e. The number of carbonyl (C=O) groups excluding carboxylic acids is 1. The van der Waals surface area contributed by atoms with E-state index in [0.29, 0.717) is 13.1 Å². The molecule has 0 saturated heterocycles. The van der Waals surface area contributed by atoms with Gasteiger partial charge < -0.3 is 5.32 Å². The van der Waals surface area contributed by atoms with Gasteiger partial charge in [-0.15, -0.1) is 30.8 Å². The average molecular weight is 639 g/mol. The number of carbonyl (C=O) groups is 1. The normalized spacial score (nSPS) is 12.1. The van der Waals surface area contributed by atoms with Crippen LogP contribution in [0, 0.1) is 6.92 Å². The van der Waals surface area contributed by atoms with Crippen LogP contribution in [0.4, 0.5) is 0 Å². The molecule has 1 N–H and O–H groups in total. The largest absolute Gasteiger partial charge is 0.356 e. The van der Waals surface area contributed by atoms with Gasteiger partial charge in [-0.1, -0.05) is 51.8 Å². The van der Waals surface area contributed by atoms with Crippen LogP contribution < -0.4 is 10.6 Å². The molecule has 39 heavy (non-hydrogen) atoms. The van der Waals surface area contributed by atoms with Crippen LogP contribution in [0.5, 0.6) is 0 Å². The number of aromatic nitrogens is 3. The van der Waals surface area contributed by atoms with Gasteiger partial charge in [0.25, 0.3) is 0 Å². The zero-order valence-electron chi connectivity index (χ0n) is 21.4. The molecule has 1 aliphatic heterocycles. The summed E-state index contributed by atoms with van der Waals surface area (Å²) in [6.45, 7) is 4.71. The van der Waals surface area contributed by atoms with Crippen LogP contribution >= 0.6 is 48.1 Å². The molecule has 6 rings (SSSR count). The van der Waals surface area contributed by atoms with E-state index in [4.69, 9.17) is 16.6 Å². The van der Waals surface area contributed by atoms with E-state index in [0.717, 1.165) is 55.4 Å². The molecule has 0 bridgehead atoms. The number of hydrogen-bond donors (Lipinski definition) is 1. The molecule has 198 valence electrons. The molecule has 6 nitrogen and oxygen atoms in total. The molecular formula is C29H26BrClN5OPS. The van der Waals surface area contributed by atoms with Gasteiger partial charge in [0.1, 0.15) is 12.4 Å². The summed E-state index contributed by atoms with van der Waals surface area (Å²) < 4.78 is 4.47. The van der Waals surface area contributed by atoms with Crippen LogP contribution in [-0.2, 0) is 17.8 Å². The number of rotatable bonds is 4. The quantitative estimate of drug-likeness (QED) is 0.231. The summed E-state index contributed by atoms with van der Waals surface area (Å²) in [5.74, 6) is 1.75. The van der Waals surface area contributed by atoms with Gasteiger partial charge in [0.15, 0.2) is 5.82 Å². The van der Waals surface area contributed by atoms with Crippen LogP contribution in [-0.4, -0.2) is 32.9 Å². The van der Waals surface area contributed by atoms with Crippen molar-refractivity contribution in [3.63, 3.8) is 0 Å². The molecule has 1 atom stereocenters. The van der Waals surface area contributed by atoms with Gasteiger partial charge in [0.2, 0.25) is 5.91 Å². The zero-order valence-corrected chi connectivity index (χ0v) is 25.7. The third kappa shape index (κ3) is 6.30. The highest BCUT2D eigenvalue weighted by atomic mass is 79.9. The van der Waals surface area contributed by atoms with Crippen molar-refractivity contribution in [3.8, 4) is 5.69 Å². The van der Waals surface area contributed by atoms with Gasteiger partial charge in [0, 0.05) is 38.8 Å². The molecule has 1 aliphatic rings. The second kappa shape index (κ2) is 12.1. The van der Waals surface area contributed by atoms with Crippen LogP contribution in [0.25, 0.3) is 15.8 Å². The summed E-state index contributed by atoms with van der Waals surface area (Å²) in [4.78, 5) is 15.6. The smallest absolute Gasteiger partial charge is 0.216 e. The summed E-state index contributed by atoms with van der Waals surface area (Å²) in [6, 6.07) is 20.4. The third-order valence-corrected chi connectivity index (χ3v) is 8.39. The number of aliphatic imine (C=N–C) groups is 1. The van der Waals surface area contributed by atoms with Gasteiger partial charge in [-0.05, 0) is 71.4 Å². The molecule has 0 aliphatic carbocycles. The van der Waals surface area contributed by atoms with Crippen molar-refractivity contribution in [2.24, 2.45) is 4.99 Å². The molecule has 0 saturated carbocycles. The average Bonchev–Trinajstić information content (AvgIpc) is 3.43. The lowest BCUT2D eigenvalue weighted by atomic mass is 10.0. The zero-order chi connectivity index (χ0) is 27.5. The number of aryl methyl sites for hydroxylation is 1. The summed E-state index contributed by atoms with van der Waals surface area (Å²) in [5, 5.41) is 16.6. The molecular weight excluding hydrogens is 613 g/mol. The number of hydrogen-bond acceptors (Lipinski definition) is 5. The summed E-state index contributed by atoms with van der Waals surface area (Å²) in [7, 11) is 2.74. The highest BCUT2D eigenvalue weighted by molar-refractivity contribution is 9.10. The summed E-state index contributed by atoms with van der Waals surface area (Å²) >= 11 is 11.2. The molecule has 2 aromatic heterocycles. The highest BCUT2D eigenvalue weighted by Crippen LogP contribution is 2.29. The molecule has 1 unspecified atom stereocenters. The van der Waals surface area contributed by atoms with Crippen molar-refractivity contribution in [1.82, 2.24) is 20.1 Å². The Morgan fingerprint density at radius 3 is 2.69 bits per heavy atom. The number of benzene rings is 3. The Hall–Kier alpha value is -2.90. The van der Waals surface area contributed by atoms with E-state index in [1.165, 1.54) is 15.6 Å². The lowest BCUT2D eigenvalue weighted by Gasteiger charge is -2.13. The van der Waals surface area contributed by atoms with Crippen molar-refractivity contribution in [1.29, 1.82) is 0 Å². The highest BCUT2D eigenvalue weighted by Gasteiger charge is 2.21. The number of nitrogens with zero attached hydrogens (tertiary/aromatic N) is 4. The number of halogens is 2. The van der Waals surface area contributed by atoms with Crippen LogP contribution in [0.3, 0.4) is 0 Å². The van der Waals surface area contributed by atoms with Gasteiger partial charge in [-0.2, -0.15) is 0 Å². The van der Waals surface area contributed by atoms with E-state index >= 15 is 0 Å². The van der Waals surface area contributed by atoms with Crippen molar-refractivity contribution >= 4 is 75.1 Å². The topological polar surface area (TPSA) is 72.2 Å². The molecule has 1 amide bonds. The number of fused-ring (bicyclic) bond motifs is 4. The number of amides is 1. The SMILES string of the molecule is CC(=O)NCCc1csc2cc(Br)ccc12.Cc1nnc2n1-c1ccc(P)cc1C(c1ccc(Cl)cc1)=NC2. The standard InChI is InChI=1S/C17H14ClN4P.C12H12BrNOS/c1-10-20-21-16-9-19-17(11-2-4-12(18)5-3-11)14-8-13(23)6-7-15(14)22(10)16;1-8(15)14-5-4-9-7-16-12-6-10(13)2-3-11(9)12/h2-8H,9,23H2,1H3;2-3,6-7H,4-5H2,1H3,(H,14,15). The van der Waals surface area contributed by atoms with Crippen molar-refractivity contribution in [3.05, 3.63) is 104 Å². The van der Waals surface area contributed by atoms with Gasteiger partial charge in [-0.3, -0.25) is 14.4 Å². The molecule has 0 fully saturated rings. The molecule has 0 radical (unpaired) electrons. The van der Waals surface area contributed by atoms with Crippen LogP contribution in [0.2, 0.25) is 5.02 Å². The Balaban J connectivity index is 0.000000169. The van der Waals surface area contributed by atoms with E-state index in [1.54, 1.807) is 18.3 Å². The summed E-state index contributed by atoms with van der Waals surface area (Å²) in [6.07, 6.45) is 0.890. The second-order valence-electron chi connectivity index (χ2n) is 9.08. The maximum absolute atomic E-state index is 10.8. The van der Waals surface area contributed by atoms with E-state index < -0.39 is 0 Å². The predicted octanol–water partition coefficient (Wildman–Crippen LogP) is 6.42. The Kier molecular flexibility index (Phi) is 8.57. The van der Waals surface area contributed by atoms with E-state index in [1.807, 2.05) is 31.2 Å². The minimum absolute atomic E-state index is 0.0299. The van der Waals surface area contributed by atoms with Gasteiger partial charge in [-0.25, -0.2) is 0 Å². The first-order valence-electron chi connectivity index (χ1n) is 12.3. The molecule has 3 aromatic carbocycles. The van der Waals surface area contributed by atoms with Crippen molar-refractivity contribution in [2.45, 2.75) is 26.8 Å². The van der Waals surface area contributed by atoms with Gasteiger partial charge in [0.05, 0.1) is 11.4 Å². The van der Waals surface area contributed by atoms with Crippen LogP contribution in [0.1, 0.15) is 35.3 Å². The van der Waals surface area contributed by atoms with Crippen molar-refractivity contribution < 1.29 is 4.79 Å². The minimum atomic E-state index is 0.0299. The Bertz CT molecular complexity index is 1700. The maximum Gasteiger partial charge on any atom is 0.216 e. The van der Waals surface area contributed by atoms with E-state index in [2.05, 4.69) is 87.0 Å². The fourth-order valence-electron chi connectivity index (χ4n) is 4.47. The first-order valence-corrected chi connectivity index (χ1v) is 14.9. The lowest BCUT2D eigenvalue weighted by molar-refractivity contribution is -0.118. The molecule has 5 aromatic rings. The second-order valence-corrected chi connectivity index (χ2v) is 12.0. The van der Waals surface area contributed by atoms with E-state index in [9.17, 15) is 4.79 Å². The van der Waals surface area contributed by atoms with Crippen LogP contribution in [0.15, 0.2) is 75.5 Å². The summed E-state index contributed by atoms with van der Waals surface area (Å²) in [5.41, 5.74) is 5.43. The first-order chi connectivity index (χ1) is 18.8. The Morgan fingerprint density at radius 1 is 1.13 bits per heavy atom. The van der Waals surface area contributed by atoms with Crippen molar-refractivity contribution in [2.75, 3.05) is 6.54 Å².